The summed E-state index contributed by atoms with van der Waals surface area (Å²) in [5, 5.41) is 18.6. The molecule has 1 rings (SSSR count). The van der Waals surface area contributed by atoms with Crippen molar-refractivity contribution >= 4 is 0 Å². The molecule has 1 aromatic rings. The van der Waals surface area contributed by atoms with Crippen LogP contribution in [0.1, 0.15) is 19.4 Å². The zero-order chi connectivity index (χ0) is 9.90. The van der Waals surface area contributed by atoms with Crippen molar-refractivity contribution in [2.75, 3.05) is 0 Å². The minimum atomic E-state index is -1.59. The second-order valence-electron chi connectivity index (χ2n) is 3.68. The minimum Gasteiger partial charge on any atom is -0.366 e. The predicted molar refractivity (Wildman–Crippen MR) is 52.2 cm³/mol. The molecule has 0 aromatic heterocycles. The molecule has 0 aliphatic carbocycles. The zero-order valence-corrected chi connectivity index (χ0v) is 8.07. The van der Waals surface area contributed by atoms with E-state index in [1.54, 1.807) is 0 Å². The topological polar surface area (TPSA) is 40.5 Å². The SMILES string of the molecule is CC(Cc1ccccc1)C(C)(O)O. The molecule has 0 fully saturated rings. The highest BCUT2D eigenvalue weighted by Crippen LogP contribution is 2.18. The van der Waals surface area contributed by atoms with Crippen LogP contribution in [0.15, 0.2) is 30.3 Å². The Morgan fingerprint density at radius 3 is 2.23 bits per heavy atom. The summed E-state index contributed by atoms with van der Waals surface area (Å²) in [7, 11) is 0. The number of hydrogen-bond acceptors (Lipinski definition) is 2. The van der Waals surface area contributed by atoms with Gasteiger partial charge < -0.3 is 10.2 Å². The van der Waals surface area contributed by atoms with Crippen LogP contribution in [0, 0.1) is 5.92 Å². The molecule has 0 aliphatic heterocycles. The number of benzene rings is 1. The highest BCUT2D eigenvalue weighted by Gasteiger charge is 2.24. The van der Waals surface area contributed by atoms with Crippen molar-refractivity contribution in [3.63, 3.8) is 0 Å². The van der Waals surface area contributed by atoms with Gasteiger partial charge in [0.15, 0.2) is 5.79 Å². The van der Waals surface area contributed by atoms with Gasteiger partial charge in [0.25, 0.3) is 0 Å². The standard InChI is InChI=1S/C11H16O2/c1-9(11(2,12)13)8-10-6-4-3-5-7-10/h3-7,9,12-13H,8H2,1-2H3. The molecule has 72 valence electrons. The Labute approximate surface area is 78.8 Å². The number of hydrogen-bond donors (Lipinski definition) is 2. The number of rotatable bonds is 3. The van der Waals surface area contributed by atoms with E-state index in [9.17, 15) is 10.2 Å². The van der Waals surface area contributed by atoms with Crippen molar-refractivity contribution in [2.24, 2.45) is 5.92 Å². The third kappa shape index (κ3) is 3.17. The summed E-state index contributed by atoms with van der Waals surface area (Å²) in [6.45, 7) is 3.24. The summed E-state index contributed by atoms with van der Waals surface area (Å²) in [5.41, 5.74) is 1.13. The first kappa shape index (κ1) is 10.2. The van der Waals surface area contributed by atoms with E-state index in [0.717, 1.165) is 5.56 Å². The second kappa shape index (κ2) is 3.90. The lowest BCUT2D eigenvalue weighted by Gasteiger charge is -2.24. The predicted octanol–water partition coefficient (Wildman–Crippen LogP) is 1.57. The lowest BCUT2D eigenvalue weighted by atomic mass is 9.94. The molecule has 1 aromatic carbocycles. The van der Waals surface area contributed by atoms with E-state index in [1.807, 2.05) is 37.3 Å². The Bertz CT molecular complexity index is 249. The lowest BCUT2D eigenvalue weighted by molar-refractivity contribution is -0.180. The second-order valence-corrected chi connectivity index (χ2v) is 3.68. The molecule has 0 aliphatic rings. The normalized spacial score (nSPS) is 14.2. The van der Waals surface area contributed by atoms with E-state index in [2.05, 4.69) is 0 Å². The van der Waals surface area contributed by atoms with Gasteiger partial charge in [0.05, 0.1) is 0 Å². The third-order valence-corrected chi connectivity index (χ3v) is 2.32. The van der Waals surface area contributed by atoms with Gasteiger partial charge in [0.2, 0.25) is 0 Å². The van der Waals surface area contributed by atoms with Crippen LogP contribution in [0.25, 0.3) is 0 Å². The smallest absolute Gasteiger partial charge is 0.162 e. The van der Waals surface area contributed by atoms with Crippen LogP contribution in [0.3, 0.4) is 0 Å². The van der Waals surface area contributed by atoms with E-state index in [-0.39, 0.29) is 5.92 Å². The fourth-order valence-corrected chi connectivity index (χ4v) is 1.16. The molecular formula is C11H16O2. The Hall–Kier alpha value is -0.860. The first-order valence-corrected chi connectivity index (χ1v) is 4.49. The van der Waals surface area contributed by atoms with Gasteiger partial charge in [-0.2, -0.15) is 0 Å². The fraction of sp³-hybridized carbons (Fsp3) is 0.455. The quantitative estimate of drug-likeness (QED) is 0.693. The van der Waals surface area contributed by atoms with Crippen LogP contribution in [-0.2, 0) is 6.42 Å². The molecule has 0 saturated carbocycles. The van der Waals surface area contributed by atoms with Gasteiger partial charge in [-0.15, -0.1) is 0 Å². The monoisotopic (exact) mass is 180 g/mol. The first-order chi connectivity index (χ1) is 6.00. The molecule has 0 heterocycles. The molecule has 1 unspecified atom stereocenters. The van der Waals surface area contributed by atoms with E-state index >= 15 is 0 Å². The van der Waals surface area contributed by atoms with Crippen molar-refractivity contribution in [2.45, 2.75) is 26.1 Å². The van der Waals surface area contributed by atoms with Crippen molar-refractivity contribution in [3.8, 4) is 0 Å². The van der Waals surface area contributed by atoms with Gasteiger partial charge in [0, 0.05) is 5.92 Å². The molecule has 2 N–H and O–H groups in total. The number of aliphatic hydroxyl groups is 2. The van der Waals surface area contributed by atoms with E-state index in [0.29, 0.717) is 6.42 Å². The summed E-state index contributed by atoms with van der Waals surface area (Å²) >= 11 is 0. The van der Waals surface area contributed by atoms with Gasteiger partial charge in [-0.1, -0.05) is 37.3 Å². The van der Waals surface area contributed by atoms with Gasteiger partial charge in [-0.3, -0.25) is 0 Å². The van der Waals surface area contributed by atoms with Crippen molar-refractivity contribution in [1.29, 1.82) is 0 Å². The third-order valence-electron chi connectivity index (χ3n) is 2.32. The summed E-state index contributed by atoms with van der Waals surface area (Å²) in [6.07, 6.45) is 0.685. The molecule has 2 heteroatoms. The highest BCUT2D eigenvalue weighted by atomic mass is 16.5. The van der Waals surface area contributed by atoms with E-state index in [1.165, 1.54) is 6.92 Å². The Kier molecular flexibility index (Phi) is 3.07. The fourth-order valence-electron chi connectivity index (χ4n) is 1.16. The summed E-state index contributed by atoms with van der Waals surface area (Å²) < 4.78 is 0. The maximum absolute atomic E-state index is 9.30. The van der Waals surface area contributed by atoms with Gasteiger partial charge in [-0.05, 0) is 18.9 Å². The molecule has 1 atom stereocenters. The highest BCUT2D eigenvalue weighted by molar-refractivity contribution is 5.15. The molecule has 13 heavy (non-hydrogen) atoms. The van der Waals surface area contributed by atoms with Gasteiger partial charge >= 0.3 is 0 Å². The summed E-state index contributed by atoms with van der Waals surface area (Å²) in [6, 6.07) is 9.83. The largest absolute Gasteiger partial charge is 0.366 e. The molecule has 0 saturated heterocycles. The first-order valence-electron chi connectivity index (χ1n) is 4.49. The summed E-state index contributed by atoms with van der Waals surface area (Å²) in [5.74, 6) is -1.74. The van der Waals surface area contributed by atoms with Gasteiger partial charge in [-0.25, -0.2) is 0 Å². The van der Waals surface area contributed by atoms with Crippen LogP contribution < -0.4 is 0 Å². The van der Waals surface area contributed by atoms with Crippen molar-refractivity contribution in [1.82, 2.24) is 0 Å². The molecular weight excluding hydrogens is 164 g/mol. The van der Waals surface area contributed by atoms with E-state index < -0.39 is 5.79 Å². The van der Waals surface area contributed by atoms with E-state index in [4.69, 9.17) is 0 Å². The van der Waals surface area contributed by atoms with Crippen LogP contribution in [-0.4, -0.2) is 16.0 Å². The van der Waals surface area contributed by atoms with Crippen molar-refractivity contribution < 1.29 is 10.2 Å². The Balaban J connectivity index is 2.61. The maximum atomic E-state index is 9.30. The zero-order valence-electron chi connectivity index (χ0n) is 8.07. The minimum absolute atomic E-state index is 0.158. The lowest BCUT2D eigenvalue weighted by Crippen LogP contribution is -2.33. The molecule has 0 spiro atoms. The Morgan fingerprint density at radius 1 is 1.23 bits per heavy atom. The molecule has 0 radical (unpaired) electrons. The average Bonchev–Trinajstić information content (AvgIpc) is 2.04. The van der Waals surface area contributed by atoms with Crippen LogP contribution in [0.5, 0.6) is 0 Å². The van der Waals surface area contributed by atoms with Gasteiger partial charge in [0.1, 0.15) is 0 Å². The van der Waals surface area contributed by atoms with Crippen LogP contribution in [0.4, 0.5) is 0 Å². The average molecular weight is 180 g/mol. The molecule has 0 amide bonds. The maximum Gasteiger partial charge on any atom is 0.162 e. The Morgan fingerprint density at radius 2 is 1.77 bits per heavy atom. The van der Waals surface area contributed by atoms with Crippen LogP contribution in [0.2, 0.25) is 0 Å². The van der Waals surface area contributed by atoms with Crippen molar-refractivity contribution in [3.05, 3.63) is 35.9 Å². The molecule has 0 bridgehead atoms. The summed E-state index contributed by atoms with van der Waals surface area (Å²) in [4.78, 5) is 0. The van der Waals surface area contributed by atoms with Crippen LogP contribution >= 0.6 is 0 Å². The molecule has 2 nitrogen and oxygen atoms in total.